The summed E-state index contributed by atoms with van der Waals surface area (Å²) >= 11 is 0. The highest BCUT2D eigenvalue weighted by Gasteiger charge is 2.19. The molecular weight excluding hydrogens is 468 g/mol. The summed E-state index contributed by atoms with van der Waals surface area (Å²) in [6.45, 7) is 7.32. The average Bonchev–Trinajstić information content (AvgIpc) is 2.86. The molecule has 2 N–H and O–H groups in total. The van der Waals surface area contributed by atoms with Crippen molar-refractivity contribution in [3.8, 4) is 11.3 Å². The average molecular weight is 497 g/mol. The van der Waals surface area contributed by atoms with Crippen LogP contribution in [-0.4, -0.2) is 62.1 Å². The fourth-order valence-electron chi connectivity index (χ4n) is 3.76. The summed E-state index contributed by atoms with van der Waals surface area (Å²) in [7, 11) is -3.92. The molecule has 10 nitrogen and oxygen atoms in total. The van der Waals surface area contributed by atoms with Crippen LogP contribution >= 0.6 is 0 Å². The summed E-state index contributed by atoms with van der Waals surface area (Å²) in [6.07, 6.45) is 2.87. The Morgan fingerprint density at radius 1 is 1.09 bits per heavy atom. The van der Waals surface area contributed by atoms with Gasteiger partial charge in [-0.05, 0) is 43.2 Å². The van der Waals surface area contributed by atoms with E-state index in [0.29, 0.717) is 37.0 Å². The molecule has 1 aromatic carbocycles. The Morgan fingerprint density at radius 2 is 1.83 bits per heavy atom. The number of morpholine rings is 1. The molecule has 35 heavy (non-hydrogen) atoms. The SMILES string of the molecule is CCNc1nc(-c2cc(CS(=O)(=O)NC(=O)c3ccncc3)ccc2C)cc(N2CCOCC2)n1. The minimum Gasteiger partial charge on any atom is -0.378 e. The number of nitrogens with one attached hydrogen (secondary N) is 2. The predicted molar refractivity (Wildman–Crippen MR) is 134 cm³/mol. The second-order valence-corrected chi connectivity index (χ2v) is 9.86. The number of pyridine rings is 1. The summed E-state index contributed by atoms with van der Waals surface area (Å²) in [4.78, 5) is 27.6. The first kappa shape index (κ1) is 24.6. The van der Waals surface area contributed by atoms with Crippen LogP contribution in [0.3, 0.4) is 0 Å². The molecule has 4 rings (SSSR count). The van der Waals surface area contributed by atoms with Crippen LogP contribution in [-0.2, 0) is 20.5 Å². The third-order valence-corrected chi connectivity index (χ3v) is 6.72. The number of aromatic nitrogens is 3. The Labute approximate surface area is 204 Å². The summed E-state index contributed by atoms with van der Waals surface area (Å²) in [6, 6.07) is 10.2. The topological polar surface area (TPSA) is 126 Å². The van der Waals surface area contributed by atoms with E-state index in [2.05, 4.69) is 29.9 Å². The molecule has 0 spiro atoms. The Morgan fingerprint density at radius 3 is 2.54 bits per heavy atom. The number of carbonyl (C=O) groups excluding carboxylic acids is 1. The van der Waals surface area contributed by atoms with Gasteiger partial charge in [-0.3, -0.25) is 9.78 Å². The molecule has 3 aromatic rings. The molecule has 1 aliphatic rings. The third-order valence-electron chi connectivity index (χ3n) is 5.51. The Hall–Kier alpha value is -3.57. The van der Waals surface area contributed by atoms with Crippen LogP contribution < -0.4 is 14.9 Å². The zero-order valence-corrected chi connectivity index (χ0v) is 20.5. The minimum absolute atomic E-state index is 0.223. The number of rotatable bonds is 8. The fourth-order valence-corrected chi connectivity index (χ4v) is 4.85. The van der Waals surface area contributed by atoms with Crippen molar-refractivity contribution in [2.24, 2.45) is 0 Å². The highest BCUT2D eigenvalue weighted by atomic mass is 32.2. The van der Waals surface area contributed by atoms with E-state index in [1.807, 2.05) is 26.0 Å². The fraction of sp³-hybridized carbons (Fsp3) is 0.333. The number of sulfonamides is 1. The third kappa shape index (κ3) is 6.31. The van der Waals surface area contributed by atoms with Gasteiger partial charge in [0, 0.05) is 49.2 Å². The molecule has 0 unspecified atom stereocenters. The van der Waals surface area contributed by atoms with Gasteiger partial charge in [-0.15, -0.1) is 0 Å². The van der Waals surface area contributed by atoms with Crippen molar-refractivity contribution in [3.05, 3.63) is 65.5 Å². The largest absolute Gasteiger partial charge is 0.378 e. The van der Waals surface area contributed by atoms with Crippen LogP contribution in [0.2, 0.25) is 0 Å². The van der Waals surface area contributed by atoms with Crippen LogP contribution in [0, 0.1) is 6.92 Å². The van der Waals surface area contributed by atoms with Gasteiger partial charge < -0.3 is 15.0 Å². The van der Waals surface area contributed by atoms with Crippen molar-refractivity contribution >= 4 is 27.7 Å². The van der Waals surface area contributed by atoms with Gasteiger partial charge in [-0.1, -0.05) is 12.1 Å². The van der Waals surface area contributed by atoms with Crippen molar-refractivity contribution in [3.63, 3.8) is 0 Å². The quantitative estimate of drug-likeness (QED) is 0.483. The number of aryl methyl sites for hydroxylation is 1. The second-order valence-electron chi connectivity index (χ2n) is 8.14. The first-order chi connectivity index (χ1) is 16.8. The van der Waals surface area contributed by atoms with Gasteiger partial charge in [0.25, 0.3) is 5.91 Å². The first-order valence-corrected chi connectivity index (χ1v) is 13.0. The van der Waals surface area contributed by atoms with Gasteiger partial charge in [-0.25, -0.2) is 18.1 Å². The lowest BCUT2D eigenvalue weighted by molar-refractivity contribution is 0.0981. The van der Waals surface area contributed by atoms with Crippen LogP contribution in [0.25, 0.3) is 11.3 Å². The molecule has 1 saturated heterocycles. The van der Waals surface area contributed by atoms with Gasteiger partial charge in [0.05, 0.1) is 24.7 Å². The van der Waals surface area contributed by atoms with E-state index < -0.39 is 15.9 Å². The zero-order chi connectivity index (χ0) is 24.8. The standard InChI is InChI=1S/C24H28N6O4S/c1-3-26-24-27-21(15-22(28-24)30-10-12-34-13-11-30)20-14-18(5-4-17(20)2)16-35(32,33)29-23(31)19-6-8-25-9-7-19/h4-9,14-15H,3,10-13,16H2,1-2H3,(H,29,31)(H,26,27,28). The van der Waals surface area contributed by atoms with E-state index >= 15 is 0 Å². The highest BCUT2D eigenvalue weighted by Crippen LogP contribution is 2.28. The molecule has 0 atom stereocenters. The highest BCUT2D eigenvalue weighted by molar-refractivity contribution is 7.89. The molecule has 1 aliphatic heterocycles. The molecule has 1 amide bonds. The number of hydrogen-bond donors (Lipinski definition) is 2. The maximum absolute atomic E-state index is 12.7. The van der Waals surface area contributed by atoms with Crippen molar-refractivity contribution in [1.29, 1.82) is 0 Å². The molecule has 3 heterocycles. The maximum Gasteiger partial charge on any atom is 0.264 e. The summed E-state index contributed by atoms with van der Waals surface area (Å²) < 4.78 is 33.0. The van der Waals surface area contributed by atoms with Crippen molar-refractivity contribution in [2.75, 3.05) is 43.1 Å². The van der Waals surface area contributed by atoms with Crippen LogP contribution in [0.4, 0.5) is 11.8 Å². The molecule has 0 bridgehead atoms. The van der Waals surface area contributed by atoms with E-state index in [9.17, 15) is 13.2 Å². The van der Waals surface area contributed by atoms with Crippen molar-refractivity contribution < 1.29 is 17.9 Å². The van der Waals surface area contributed by atoms with Gasteiger partial charge in [0.15, 0.2) is 0 Å². The first-order valence-electron chi connectivity index (χ1n) is 11.3. The number of benzene rings is 1. The number of carbonyl (C=O) groups is 1. The smallest absolute Gasteiger partial charge is 0.264 e. The van der Waals surface area contributed by atoms with E-state index in [0.717, 1.165) is 30.0 Å². The minimum atomic E-state index is -3.92. The normalized spacial score (nSPS) is 13.9. The monoisotopic (exact) mass is 496 g/mol. The molecule has 11 heteroatoms. The van der Waals surface area contributed by atoms with Gasteiger partial charge in [-0.2, -0.15) is 4.98 Å². The molecule has 2 aromatic heterocycles. The molecule has 0 radical (unpaired) electrons. The van der Waals surface area contributed by atoms with E-state index in [1.165, 1.54) is 24.5 Å². The van der Waals surface area contributed by atoms with E-state index in [4.69, 9.17) is 4.74 Å². The summed E-state index contributed by atoms with van der Waals surface area (Å²) in [5.41, 5.74) is 3.20. The van der Waals surface area contributed by atoms with Gasteiger partial charge in [0.1, 0.15) is 5.82 Å². The van der Waals surface area contributed by atoms with Crippen LogP contribution in [0.15, 0.2) is 48.8 Å². The molecule has 1 fully saturated rings. The van der Waals surface area contributed by atoms with E-state index in [-0.39, 0.29) is 11.3 Å². The van der Waals surface area contributed by atoms with Crippen LogP contribution in [0.5, 0.6) is 0 Å². The zero-order valence-electron chi connectivity index (χ0n) is 19.7. The Balaban J connectivity index is 1.61. The maximum atomic E-state index is 12.7. The lowest BCUT2D eigenvalue weighted by Crippen LogP contribution is -2.37. The van der Waals surface area contributed by atoms with Gasteiger partial charge >= 0.3 is 0 Å². The number of nitrogens with zero attached hydrogens (tertiary/aromatic N) is 4. The van der Waals surface area contributed by atoms with Crippen LogP contribution in [0.1, 0.15) is 28.4 Å². The van der Waals surface area contributed by atoms with Crippen molar-refractivity contribution in [1.82, 2.24) is 19.7 Å². The summed E-state index contributed by atoms with van der Waals surface area (Å²) in [5.74, 6) is 0.254. The molecular formula is C24H28N6O4S. The Kier molecular flexibility index (Phi) is 7.57. The lowest BCUT2D eigenvalue weighted by atomic mass is 10.0. The number of hydrogen-bond acceptors (Lipinski definition) is 9. The predicted octanol–water partition coefficient (Wildman–Crippen LogP) is 2.38. The second kappa shape index (κ2) is 10.8. The number of amides is 1. The summed E-state index contributed by atoms with van der Waals surface area (Å²) in [5, 5.41) is 3.18. The van der Waals surface area contributed by atoms with Gasteiger partial charge in [0.2, 0.25) is 16.0 Å². The lowest BCUT2D eigenvalue weighted by Gasteiger charge is -2.28. The van der Waals surface area contributed by atoms with Crippen molar-refractivity contribution in [2.45, 2.75) is 19.6 Å². The Bertz CT molecular complexity index is 1290. The molecule has 0 saturated carbocycles. The van der Waals surface area contributed by atoms with E-state index in [1.54, 1.807) is 12.1 Å². The number of ether oxygens (including phenoxy) is 1. The number of anilines is 2. The molecule has 184 valence electrons. The molecule has 0 aliphatic carbocycles.